The largest absolute Gasteiger partial charge is 0.486 e. The third kappa shape index (κ3) is 2.22. The van der Waals surface area contributed by atoms with Gasteiger partial charge in [0.25, 0.3) is 0 Å². The van der Waals surface area contributed by atoms with Crippen LogP contribution in [0.3, 0.4) is 0 Å². The molecule has 0 saturated heterocycles. The summed E-state index contributed by atoms with van der Waals surface area (Å²) < 4.78 is 11.1. The topological polar surface area (TPSA) is 44.5 Å². The van der Waals surface area contributed by atoms with Gasteiger partial charge in [-0.05, 0) is 30.0 Å². The quantitative estimate of drug-likeness (QED) is 0.882. The van der Waals surface area contributed by atoms with Crippen molar-refractivity contribution < 1.29 is 9.47 Å². The van der Waals surface area contributed by atoms with Gasteiger partial charge in [0.05, 0.1) is 5.02 Å². The lowest BCUT2D eigenvalue weighted by Crippen LogP contribution is -2.18. The van der Waals surface area contributed by atoms with Crippen LogP contribution in [0.4, 0.5) is 0 Å². The van der Waals surface area contributed by atoms with E-state index in [9.17, 15) is 0 Å². The van der Waals surface area contributed by atoms with Crippen molar-refractivity contribution >= 4 is 11.6 Å². The molecule has 0 saturated carbocycles. The Morgan fingerprint density at radius 1 is 1.24 bits per heavy atom. The van der Waals surface area contributed by atoms with Crippen LogP contribution in [0.15, 0.2) is 6.07 Å². The molecule has 2 N–H and O–H groups in total. The fraction of sp³-hybridized carbons (Fsp3) is 0.538. The van der Waals surface area contributed by atoms with E-state index in [1.165, 1.54) is 0 Å². The molecule has 4 heteroatoms. The molecule has 1 aromatic carbocycles. The van der Waals surface area contributed by atoms with Gasteiger partial charge in [-0.3, -0.25) is 0 Å². The summed E-state index contributed by atoms with van der Waals surface area (Å²) >= 11 is 6.41. The predicted octanol–water partition coefficient (Wildman–Crippen LogP) is 3.25. The zero-order valence-electron chi connectivity index (χ0n) is 10.4. The first-order valence-corrected chi connectivity index (χ1v) is 6.27. The molecule has 2 rings (SSSR count). The number of benzene rings is 1. The molecule has 1 aromatic rings. The normalized spacial score (nSPS) is 16.1. The van der Waals surface area contributed by atoms with Crippen molar-refractivity contribution in [1.29, 1.82) is 0 Å². The molecule has 0 spiro atoms. The van der Waals surface area contributed by atoms with Gasteiger partial charge >= 0.3 is 0 Å². The summed E-state index contributed by atoms with van der Waals surface area (Å²) in [7, 11) is 0. The SMILES string of the molecule is CC(C)c1c(C(C)N)cc2c(c1Cl)OCCO2. The van der Waals surface area contributed by atoms with Gasteiger partial charge in [-0.1, -0.05) is 25.4 Å². The second-order valence-electron chi connectivity index (χ2n) is 4.66. The van der Waals surface area contributed by atoms with Crippen molar-refractivity contribution in [2.75, 3.05) is 13.2 Å². The first kappa shape index (κ1) is 12.5. The van der Waals surface area contributed by atoms with Gasteiger partial charge in [-0.2, -0.15) is 0 Å². The molecule has 1 aliphatic rings. The Kier molecular flexibility index (Phi) is 3.50. The average molecular weight is 256 g/mol. The van der Waals surface area contributed by atoms with E-state index in [-0.39, 0.29) is 6.04 Å². The molecule has 0 radical (unpaired) electrons. The monoisotopic (exact) mass is 255 g/mol. The Balaban J connectivity index is 2.63. The molecule has 3 nitrogen and oxygen atoms in total. The molecule has 17 heavy (non-hydrogen) atoms. The number of fused-ring (bicyclic) bond motifs is 1. The fourth-order valence-electron chi connectivity index (χ4n) is 2.14. The van der Waals surface area contributed by atoms with E-state index in [2.05, 4.69) is 13.8 Å². The molecular weight excluding hydrogens is 238 g/mol. The highest BCUT2D eigenvalue weighted by Gasteiger charge is 2.24. The molecule has 0 aliphatic carbocycles. The molecule has 94 valence electrons. The molecule has 0 amide bonds. The van der Waals surface area contributed by atoms with Gasteiger partial charge in [0.2, 0.25) is 0 Å². The molecule has 0 fully saturated rings. The number of hydrogen-bond acceptors (Lipinski definition) is 3. The number of hydrogen-bond donors (Lipinski definition) is 1. The van der Waals surface area contributed by atoms with Crippen molar-refractivity contribution in [2.45, 2.75) is 32.7 Å². The van der Waals surface area contributed by atoms with Crippen molar-refractivity contribution in [3.05, 3.63) is 22.2 Å². The Hall–Kier alpha value is -0.930. The van der Waals surface area contributed by atoms with E-state index < -0.39 is 0 Å². The summed E-state index contributed by atoms with van der Waals surface area (Å²) in [6.45, 7) is 7.25. The second-order valence-corrected chi connectivity index (χ2v) is 5.04. The van der Waals surface area contributed by atoms with Crippen LogP contribution in [0.25, 0.3) is 0 Å². The third-order valence-corrected chi connectivity index (χ3v) is 3.29. The molecule has 1 heterocycles. The van der Waals surface area contributed by atoms with Crippen LogP contribution in [0.1, 0.15) is 43.9 Å². The van der Waals surface area contributed by atoms with Crippen LogP contribution in [0, 0.1) is 0 Å². The zero-order chi connectivity index (χ0) is 12.6. The first-order chi connectivity index (χ1) is 8.02. The lowest BCUT2D eigenvalue weighted by Gasteiger charge is -2.25. The summed E-state index contributed by atoms with van der Waals surface area (Å²) in [5.41, 5.74) is 8.10. The van der Waals surface area contributed by atoms with Gasteiger partial charge in [-0.15, -0.1) is 0 Å². The van der Waals surface area contributed by atoms with Crippen LogP contribution in [-0.4, -0.2) is 13.2 Å². The Labute approximate surface area is 107 Å². The summed E-state index contributed by atoms with van der Waals surface area (Å²) in [5, 5.41) is 0.643. The average Bonchev–Trinajstić information content (AvgIpc) is 2.28. The summed E-state index contributed by atoms with van der Waals surface area (Å²) in [6.07, 6.45) is 0. The lowest BCUT2D eigenvalue weighted by molar-refractivity contribution is 0.171. The van der Waals surface area contributed by atoms with Gasteiger partial charge in [0, 0.05) is 6.04 Å². The predicted molar refractivity (Wildman–Crippen MR) is 69.1 cm³/mol. The Morgan fingerprint density at radius 3 is 2.47 bits per heavy atom. The fourth-order valence-corrected chi connectivity index (χ4v) is 2.62. The van der Waals surface area contributed by atoms with Crippen molar-refractivity contribution in [2.24, 2.45) is 5.73 Å². The maximum atomic E-state index is 6.41. The van der Waals surface area contributed by atoms with E-state index in [4.69, 9.17) is 26.8 Å². The maximum Gasteiger partial charge on any atom is 0.180 e. The van der Waals surface area contributed by atoms with Crippen LogP contribution < -0.4 is 15.2 Å². The van der Waals surface area contributed by atoms with E-state index >= 15 is 0 Å². The Morgan fingerprint density at radius 2 is 1.88 bits per heavy atom. The number of nitrogens with two attached hydrogens (primary N) is 1. The number of rotatable bonds is 2. The maximum absolute atomic E-state index is 6.41. The summed E-state index contributed by atoms with van der Waals surface area (Å²) in [6, 6.07) is 1.89. The van der Waals surface area contributed by atoms with Crippen molar-refractivity contribution in [3.63, 3.8) is 0 Å². The lowest BCUT2D eigenvalue weighted by atomic mass is 9.92. The molecule has 0 bridgehead atoms. The summed E-state index contributed by atoms with van der Waals surface area (Å²) in [5.74, 6) is 1.67. The highest BCUT2D eigenvalue weighted by Crippen LogP contribution is 2.45. The first-order valence-electron chi connectivity index (χ1n) is 5.89. The van der Waals surface area contributed by atoms with Crippen LogP contribution in [0.2, 0.25) is 5.02 Å². The summed E-state index contributed by atoms with van der Waals surface area (Å²) in [4.78, 5) is 0. The number of ether oxygens (including phenoxy) is 2. The zero-order valence-corrected chi connectivity index (χ0v) is 11.2. The van der Waals surface area contributed by atoms with Gasteiger partial charge in [0.15, 0.2) is 11.5 Å². The van der Waals surface area contributed by atoms with Crippen LogP contribution in [-0.2, 0) is 0 Å². The van der Waals surface area contributed by atoms with Crippen LogP contribution >= 0.6 is 11.6 Å². The van der Waals surface area contributed by atoms with E-state index in [1.807, 2.05) is 13.0 Å². The number of halogens is 1. The van der Waals surface area contributed by atoms with Gasteiger partial charge in [-0.25, -0.2) is 0 Å². The molecule has 0 aromatic heterocycles. The molecule has 1 atom stereocenters. The molecule has 1 aliphatic heterocycles. The minimum atomic E-state index is -0.0688. The van der Waals surface area contributed by atoms with Gasteiger partial charge in [0.1, 0.15) is 13.2 Å². The van der Waals surface area contributed by atoms with Crippen molar-refractivity contribution in [3.8, 4) is 11.5 Å². The smallest absolute Gasteiger partial charge is 0.180 e. The molecule has 1 unspecified atom stereocenters. The van der Waals surface area contributed by atoms with E-state index in [0.29, 0.717) is 35.7 Å². The Bertz CT molecular complexity index is 430. The van der Waals surface area contributed by atoms with E-state index in [0.717, 1.165) is 11.1 Å². The van der Waals surface area contributed by atoms with Crippen molar-refractivity contribution in [1.82, 2.24) is 0 Å². The standard InChI is InChI=1S/C13H18ClNO2/c1-7(2)11-9(8(3)15)6-10-13(12(11)14)17-5-4-16-10/h6-8H,4-5,15H2,1-3H3. The third-order valence-electron chi connectivity index (χ3n) is 2.91. The highest BCUT2D eigenvalue weighted by atomic mass is 35.5. The minimum absolute atomic E-state index is 0.0688. The van der Waals surface area contributed by atoms with E-state index in [1.54, 1.807) is 0 Å². The molecular formula is C13H18ClNO2. The van der Waals surface area contributed by atoms with Crippen LogP contribution in [0.5, 0.6) is 11.5 Å². The highest BCUT2D eigenvalue weighted by molar-refractivity contribution is 6.33. The second kappa shape index (κ2) is 4.75. The minimum Gasteiger partial charge on any atom is -0.486 e. The van der Waals surface area contributed by atoms with Gasteiger partial charge < -0.3 is 15.2 Å².